The summed E-state index contributed by atoms with van der Waals surface area (Å²) >= 11 is 1.40. The highest BCUT2D eigenvalue weighted by molar-refractivity contribution is 7.17. The quantitative estimate of drug-likeness (QED) is 0.768. The predicted molar refractivity (Wildman–Crippen MR) is 72.2 cm³/mol. The van der Waals surface area contributed by atoms with Crippen LogP contribution in [0.15, 0.2) is 40.8 Å². The average Bonchev–Trinajstić information content (AvgIpc) is 2.84. The lowest BCUT2D eigenvalue weighted by Crippen LogP contribution is -2.03. The number of H-pyrrole nitrogens is 1. The number of nitrogens with zero attached hydrogens (tertiary/aromatic N) is 1. The molecule has 0 fully saturated rings. The molecule has 18 heavy (non-hydrogen) atoms. The maximum absolute atomic E-state index is 11.6. The van der Waals surface area contributed by atoms with Gasteiger partial charge < -0.3 is 9.72 Å². The van der Waals surface area contributed by atoms with Crippen molar-refractivity contribution < 1.29 is 4.74 Å². The molecule has 2 heterocycles. The SMILES string of the molecule is COc1cccc(-c2csc3c(=O)[nH]cnc23)c1. The molecule has 0 radical (unpaired) electrons. The van der Waals surface area contributed by atoms with Crippen molar-refractivity contribution in [2.45, 2.75) is 0 Å². The molecule has 0 saturated carbocycles. The Morgan fingerprint density at radius 1 is 1.39 bits per heavy atom. The Hall–Kier alpha value is -2.14. The fraction of sp³-hybridized carbons (Fsp3) is 0.0769. The van der Waals surface area contributed by atoms with Crippen molar-refractivity contribution in [2.75, 3.05) is 7.11 Å². The Kier molecular flexibility index (Phi) is 2.60. The Balaban J connectivity index is 2.25. The third kappa shape index (κ3) is 1.69. The minimum Gasteiger partial charge on any atom is -0.497 e. The standard InChI is InChI=1S/C13H10N2O2S/c1-17-9-4-2-3-8(5-9)10-6-18-12-11(10)14-7-15-13(12)16/h2-7H,1H3,(H,14,15,16). The number of methoxy groups -OCH3 is 1. The maximum atomic E-state index is 11.6. The Labute approximate surface area is 107 Å². The number of ether oxygens (including phenoxy) is 1. The molecule has 0 aliphatic carbocycles. The second-order valence-corrected chi connectivity index (χ2v) is 4.67. The van der Waals surface area contributed by atoms with Crippen LogP contribution in [-0.2, 0) is 0 Å². The van der Waals surface area contributed by atoms with E-state index in [0.717, 1.165) is 22.4 Å². The number of hydrogen-bond acceptors (Lipinski definition) is 4. The number of hydrogen-bond donors (Lipinski definition) is 1. The van der Waals surface area contributed by atoms with E-state index >= 15 is 0 Å². The summed E-state index contributed by atoms with van der Waals surface area (Å²) in [6.07, 6.45) is 1.43. The normalized spacial score (nSPS) is 10.7. The molecule has 0 unspecified atom stereocenters. The molecule has 0 aliphatic rings. The number of aromatic nitrogens is 2. The van der Waals surface area contributed by atoms with E-state index in [-0.39, 0.29) is 5.56 Å². The zero-order valence-electron chi connectivity index (χ0n) is 9.64. The van der Waals surface area contributed by atoms with E-state index in [1.165, 1.54) is 17.7 Å². The summed E-state index contributed by atoms with van der Waals surface area (Å²) in [4.78, 5) is 18.5. The molecule has 3 aromatic rings. The highest BCUT2D eigenvalue weighted by Gasteiger charge is 2.10. The van der Waals surface area contributed by atoms with Crippen molar-refractivity contribution in [2.24, 2.45) is 0 Å². The number of rotatable bonds is 2. The van der Waals surface area contributed by atoms with Gasteiger partial charge in [-0.2, -0.15) is 0 Å². The van der Waals surface area contributed by atoms with Crippen molar-refractivity contribution in [1.82, 2.24) is 9.97 Å². The number of benzene rings is 1. The van der Waals surface area contributed by atoms with Crippen LogP contribution in [0.3, 0.4) is 0 Å². The molecule has 3 rings (SSSR count). The average molecular weight is 258 g/mol. The fourth-order valence-corrected chi connectivity index (χ4v) is 2.78. The number of aromatic amines is 1. The zero-order valence-corrected chi connectivity index (χ0v) is 10.5. The van der Waals surface area contributed by atoms with E-state index in [1.807, 2.05) is 29.6 Å². The van der Waals surface area contributed by atoms with Crippen LogP contribution in [0.25, 0.3) is 21.3 Å². The Morgan fingerprint density at radius 2 is 2.28 bits per heavy atom. The second-order valence-electron chi connectivity index (χ2n) is 3.79. The topological polar surface area (TPSA) is 55.0 Å². The van der Waals surface area contributed by atoms with Gasteiger partial charge in [0, 0.05) is 10.9 Å². The van der Waals surface area contributed by atoms with E-state index < -0.39 is 0 Å². The van der Waals surface area contributed by atoms with E-state index in [4.69, 9.17) is 4.74 Å². The lowest BCUT2D eigenvalue weighted by molar-refractivity contribution is 0.415. The molecule has 1 N–H and O–H groups in total. The first-order chi connectivity index (χ1) is 8.79. The summed E-state index contributed by atoms with van der Waals surface area (Å²) in [6.45, 7) is 0. The van der Waals surface area contributed by atoms with Crippen molar-refractivity contribution in [3.8, 4) is 16.9 Å². The summed E-state index contributed by atoms with van der Waals surface area (Å²) < 4.78 is 5.85. The third-order valence-electron chi connectivity index (χ3n) is 2.74. The first-order valence-electron chi connectivity index (χ1n) is 5.39. The van der Waals surface area contributed by atoms with Gasteiger partial charge in [0.2, 0.25) is 0 Å². The second kappa shape index (κ2) is 4.27. The van der Waals surface area contributed by atoms with Crippen LogP contribution in [-0.4, -0.2) is 17.1 Å². The minimum atomic E-state index is -0.0980. The number of fused-ring (bicyclic) bond motifs is 1. The van der Waals surface area contributed by atoms with Gasteiger partial charge in [0.05, 0.1) is 19.0 Å². The highest BCUT2D eigenvalue weighted by Crippen LogP contribution is 2.32. The summed E-state index contributed by atoms with van der Waals surface area (Å²) in [6, 6.07) is 7.72. The van der Waals surface area contributed by atoms with E-state index in [9.17, 15) is 4.79 Å². The van der Waals surface area contributed by atoms with Crippen molar-refractivity contribution in [3.05, 3.63) is 46.3 Å². The molecular weight excluding hydrogens is 248 g/mol. The van der Waals surface area contributed by atoms with Gasteiger partial charge >= 0.3 is 0 Å². The van der Waals surface area contributed by atoms with Crippen LogP contribution in [0.4, 0.5) is 0 Å². The lowest BCUT2D eigenvalue weighted by atomic mass is 10.1. The Bertz CT molecular complexity index is 761. The van der Waals surface area contributed by atoms with Crippen LogP contribution in [0, 0.1) is 0 Å². The molecule has 0 amide bonds. The van der Waals surface area contributed by atoms with Gasteiger partial charge in [-0.05, 0) is 17.7 Å². The first-order valence-corrected chi connectivity index (χ1v) is 6.27. The Morgan fingerprint density at radius 3 is 3.11 bits per heavy atom. The molecule has 0 spiro atoms. The molecule has 1 aromatic carbocycles. The summed E-state index contributed by atoms with van der Waals surface area (Å²) in [5.74, 6) is 0.789. The van der Waals surface area contributed by atoms with Crippen molar-refractivity contribution in [1.29, 1.82) is 0 Å². The van der Waals surface area contributed by atoms with Crippen LogP contribution in [0.1, 0.15) is 0 Å². The molecular formula is C13H10N2O2S. The monoisotopic (exact) mass is 258 g/mol. The molecule has 0 saturated heterocycles. The highest BCUT2D eigenvalue weighted by atomic mass is 32.1. The van der Waals surface area contributed by atoms with E-state index in [2.05, 4.69) is 9.97 Å². The van der Waals surface area contributed by atoms with Crippen LogP contribution < -0.4 is 10.3 Å². The molecule has 4 nitrogen and oxygen atoms in total. The van der Waals surface area contributed by atoms with Crippen LogP contribution >= 0.6 is 11.3 Å². The predicted octanol–water partition coefficient (Wildman–Crippen LogP) is 2.66. The number of thiophene rings is 1. The summed E-state index contributed by atoms with van der Waals surface area (Å²) in [5.41, 5.74) is 2.59. The van der Waals surface area contributed by atoms with Gasteiger partial charge in [0.25, 0.3) is 5.56 Å². The van der Waals surface area contributed by atoms with Gasteiger partial charge in [-0.1, -0.05) is 12.1 Å². The van der Waals surface area contributed by atoms with Gasteiger partial charge in [-0.3, -0.25) is 4.79 Å². The largest absolute Gasteiger partial charge is 0.497 e. The van der Waals surface area contributed by atoms with Gasteiger partial charge in [0.15, 0.2) is 0 Å². The summed E-state index contributed by atoms with van der Waals surface area (Å²) in [7, 11) is 1.63. The van der Waals surface area contributed by atoms with Crippen molar-refractivity contribution in [3.63, 3.8) is 0 Å². The van der Waals surface area contributed by atoms with Crippen LogP contribution in [0.2, 0.25) is 0 Å². The maximum Gasteiger partial charge on any atom is 0.268 e. The lowest BCUT2D eigenvalue weighted by Gasteiger charge is -2.02. The third-order valence-corrected chi connectivity index (χ3v) is 3.71. The zero-order chi connectivity index (χ0) is 12.5. The fourth-order valence-electron chi connectivity index (χ4n) is 1.86. The van der Waals surface area contributed by atoms with Crippen LogP contribution in [0.5, 0.6) is 5.75 Å². The molecule has 5 heteroatoms. The number of nitrogens with one attached hydrogen (secondary N) is 1. The molecule has 2 aromatic heterocycles. The van der Waals surface area contributed by atoms with E-state index in [0.29, 0.717) is 4.70 Å². The minimum absolute atomic E-state index is 0.0980. The first kappa shape index (κ1) is 11.0. The molecule has 0 aliphatic heterocycles. The molecule has 90 valence electrons. The molecule has 0 bridgehead atoms. The molecule has 0 atom stereocenters. The van der Waals surface area contributed by atoms with Gasteiger partial charge in [0.1, 0.15) is 10.4 Å². The van der Waals surface area contributed by atoms with Gasteiger partial charge in [-0.15, -0.1) is 11.3 Å². The smallest absolute Gasteiger partial charge is 0.268 e. The van der Waals surface area contributed by atoms with Gasteiger partial charge in [-0.25, -0.2) is 4.98 Å². The van der Waals surface area contributed by atoms with Crippen molar-refractivity contribution >= 4 is 21.6 Å². The summed E-state index contributed by atoms with van der Waals surface area (Å²) in [5, 5.41) is 1.95. The van der Waals surface area contributed by atoms with E-state index in [1.54, 1.807) is 7.11 Å².